The van der Waals surface area contributed by atoms with E-state index < -0.39 is 12.1 Å². The Labute approximate surface area is 198 Å². The second-order valence-corrected chi connectivity index (χ2v) is 9.07. The van der Waals surface area contributed by atoms with Crippen LogP contribution in [0.1, 0.15) is 43.4 Å². The normalized spacial score (nSPS) is 16.0. The third-order valence-corrected chi connectivity index (χ3v) is 6.25. The number of urea groups is 1. The molecule has 1 aliphatic rings. The Morgan fingerprint density at radius 3 is 2.61 bits per heavy atom. The van der Waals surface area contributed by atoms with E-state index in [0.29, 0.717) is 19.7 Å². The number of amides is 2. The van der Waals surface area contributed by atoms with Gasteiger partial charge in [-0.25, -0.2) is 4.79 Å². The molecule has 1 heterocycles. The molecule has 6 nitrogen and oxygen atoms in total. The van der Waals surface area contributed by atoms with Gasteiger partial charge >= 0.3 is 6.03 Å². The van der Waals surface area contributed by atoms with Gasteiger partial charge in [-0.05, 0) is 78.2 Å². The Kier molecular flexibility index (Phi) is 9.42. The molecule has 1 saturated heterocycles. The molecule has 0 spiro atoms. The van der Waals surface area contributed by atoms with Crippen LogP contribution in [0.4, 0.5) is 4.79 Å². The third kappa shape index (κ3) is 7.36. The lowest BCUT2D eigenvalue weighted by atomic mass is 10.0. The lowest BCUT2D eigenvalue weighted by molar-refractivity contribution is 0.109. The van der Waals surface area contributed by atoms with Gasteiger partial charge in [-0.15, -0.1) is 0 Å². The minimum Gasteiger partial charge on any atom is -0.492 e. The first-order chi connectivity index (χ1) is 15.1. The van der Waals surface area contributed by atoms with E-state index in [9.17, 15) is 9.90 Å². The molecular weight excluding hydrogens is 505 g/mol. The molecule has 2 atom stereocenters. The molecule has 0 aliphatic carbocycles. The summed E-state index contributed by atoms with van der Waals surface area (Å²) in [5.41, 5.74) is 1.81. The molecule has 2 aromatic rings. The van der Waals surface area contributed by atoms with E-state index in [0.717, 1.165) is 52.8 Å². The van der Waals surface area contributed by atoms with E-state index in [-0.39, 0.29) is 6.03 Å². The fourth-order valence-electron chi connectivity index (χ4n) is 3.73. The zero-order chi connectivity index (χ0) is 22.1. The molecule has 7 heteroatoms. The molecule has 31 heavy (non-hydrogen) atoms. The number of rotatable bonds is 10. The van der Waals surface area contributed by atoms with Crippen molar-refractivity contribution < 1.29 is 14.6 Å². The average molecular weight is 537 g/mol. The van der Waals surface area contributed by atoms with Crippen molar-refractivity contribution in [1.82, 2.24) is 15.5 Å². The summed E-state index contributed by atoms with van der Waals surface area (Å²) in [6.07, 6.45) is 2.45. The minimum atomic E-state index is -0.809. The summed E-state index contributed by atoms with van der Waals surface area (Å²) in [6, 6.07) is 14.8. The highest BCUT2D eigenvalue weighted by molar-refractivity contribution is 14.1. The first-order valence-electron chi connectivity index (χ1n) is 11.0. The largest absolute Gasteiger partial charge is 0.492 e. The molecule has 0 bridgehead atoms. The van der Waals surface area contributed by atoms with E-state index in [4.69, 9.17) is 4.74 Å². The number of hydrogen-bond acceptors (Lipinski definition) is 4. The van der Waals surface area contributed by atoms with Gasteiger partial charge in [0.15, 0.2) is 0 Å². The number of ether oxygens (including phenoxy) is 1. The van der Waals surface area contributed by atoms with Crippen molar-refractivity contribution in [2.45, 2.75) is 44.9 Å². The Morgan fingerprint density at radius 1 is 1.19 bits per heavy atom. The van der Waals surface area contributed by atoms with Gasteiger partial charge in [0, 0.05) is 13.1 Å². The zero-order valence-corrected chi connectivity index (χ0v) is 20.2. The smallest absolute Gasteiger partial charge is 0.315 e. The molecule has 1 aliphatic heterocycles. The summed E-state index contributed by atoms with van der Waals surface area (Å²) in [5.74, 6) is 0.822. The molecule has 0 aromatic heterocycles. The molecule has 2 amide bonds. The van der Waals surface area contributed by atoms with Crippen LogP contribution in [0.25, 0.3) is 0 Å². The minimum absolute atomic E-state index is 0.273. The molecule has 1 fully saturated rings. The number of benzene rings is 2. The molecule has 2 aromatic carbocycles. The van der Waals surface area contributed by atoms with Crippen molar-refractivity contribution in [2.75, 3.05) is 26.2 Å². The van der Waals surface area contributed by atoms with Crippen LogP contribution in [-0.4, -0.2) is 48.3 Å². The maximum atomic E-state index is 12.6. The number of halogens is 1. The second kappa shape index (κ2) is 12.3. The van der Waals surface area contributed by atoms with E-state index >= 15 is 0 Å². The summed E-state index contributed by atoms with van der Waals surface area (Å²) < 4.78 is 6.70. The van der Waals surface area contributed by atoms with E-state index in [1.165, 1.54) is 0 Å². The van der Waals surface area contributed by atoms with E-state index in [2.05, 4.69) is 45.0 Å². The first-order valence-corrected chi connectivity index (χ1v) is 12.1. The SMILES string of the molecule is CCCOc1ccc([C@@H](O)[C@@H](CN2CCCC2)NC(=O)NCc2ccccc2)cc1I. The number of carbonyl (C=O) groups excluding carboxylic acids is 1. The summed E-state index contributed by atoms with van der Waals surface area (Å²) in [7, 11) is 0. The first kappa shape index (κ1) is 23.8. The summed E-state index contributed by atoms with van der Waals surface area (Å²) in [4.78, 5) is 14.9. The van der Waals surface area contributed by atoms with Crippen LogP contribution in [0.2, 0.25) is 0 Å². The Balaban J connectivity index is 1.66. The van der Waals surface area contributed by atoms with Crippen molar-refractivity contribution >= 4 is 28.6 Å². The van der Waals surface area contributed by atoms with Gasteiger partial charge < -0.3 is 25.4 Å². The summed E-state index contributed by atoms with van der Waals surface area (Å²) in [6.45, 7) is 5.79. The predicted molar refractivity (Wildman–Crippen MR) is 131 cm³/mol. The van der Waals surface area contributed by atoms with Gasteiger partial charge in [0.05, 0.1) is 16.2 Å². The van der Waals surface area contributed by atoms with Crippen molar-refractivity contribution in [2.24, 2.45) is 0 Å². The number of nitrogens with one attached hydrogen (secondary N) is 2. The van der Waals surface area contributed by atoms with Gasteiger partial charge in [-0.2, -0.15) is 0 Å². The Morgan fingerprint density at radius 2 is 1.94 bits per heavy atom. The van der Waals surface area contributed by atoms with Gasteiger partial charge in [0.25, 0.3) is 0 Å². The van der Waals surface area contributed by atoms with Crippen LogP contribution in [0.15, 0.2) is 48.5 Å². The van der Waals surface area contributed by atoms with E-state index in [1.807, 2.05) is 48.5 Å². The van der Waals surface area contributed by atoms with Gasteiger partial charge in [-0.3, -0.25) is 0 Å². The van der Waals surface area contributed by atoms with Crippen molar-refractivity contribution in [1.29, 1.82) is 0 Å². The molecule has 3 rings (SSSR count). The molecule has 0 unspecified atom stereocenters. The summed E-state index contributed by atoms with van der Waals surface area (Å²) >= 11 is 2.23. The molecule has 0 radical (unpaired) electrons. The Hall–Kier alpha value is -1.84. The van der Waals surface area contributed by atoms with Crippen LogP contribution in [0, 0.1) is 3.57 Å². The number of carbonyl (C=O) groups is 1. The molecule has 3 N–H and O–H groups in total. The standard InChI is InChI=1S/C24H32IN3O3/c1-2-14-31-22-11-10-19(15-20(22)25)23(29)21(17-28-12-6-7-13-28)27-24(30)26-16-18-8-4-3-5-9-18/h3-5,8-11,15,21,23,29H,2,6-7,12-14,16-17H2,1H3,(H2,26,27,30)/t21-,23-/m1/s1. The average Bonchev–Trinajstić information content (AvgIpc) is 3.30. The number of aliphatic hydroxyl groups is 1. The van der Waals surface area contributed by atoms with Crippen molar-refractivity contribution in [3.8, 4) is 5.75 Å². The Bertz CT molecular complexity index is 828. The summed E-state index contributed by atoms with van der Waals surface area (Å²) in [5, 5.41) is 17.1. The van der Waals surface area contributed by atoms with Crippen LogP contribution in [-0.2, 0) is 6.54 Å². The highest BCUT2D eigenvalue weighted by Gasteiger charge is 2.27. The van der Waals surface area contributed by atoms with Crippen LogP contribution in [0.5, 0.6) is 5.75 Å². The fraction of sp³-hybridized carbons (Fsp3) is 0.458. The zero-order valence-electron chi connectivity index (χ0n) is 18.0. The molecule has 168 valence electrons. The quantitative estimate of drug-likeness (QED) is 0.400. The predicted octanol–water partition coefficient (Wildman–Crippen LogP) is 4.08. The molecular formula is C24H32IN3O3. The van der Waals surface area contributed by atoms with Crippen molar-refractivity contribution in [3.63, 3.8) is 0 Å². The van der Waals surface area contributed by atoms with Gasteiger partial charge in [-0.1, -0.05) is 43.3 Å². The second-order valence-electron chi connectivity index (χ2n) is 7.91. The highest BCUT2D eigenvalue weighted by atomic mass is 127. The van der Waals surface area contributed by atoms with Crippen LogP contribution >= 0.6 is 22.6 Å². The monoisotopic (exact) mass is 537 g/mol. The van der Waals surface area contributed by atoms with Gasteiger partial charge in [0.1, 0.15) is 11.9 Å². The number of nitrogens with zero attached hydrogens (tertiary/aromatic N) is 1. The maximum Gasteiger partial charge on any atom is 0.315 e. The lowest BCUT2D eigenvalue weighted by Gasteiger charge is -2.29. The molecule has 0 saturated carbocycles. The number of likely N-dealkylation sites (tertiary alicyclic amines) is 1. The maximum absolute atomic E-state index is 12.6. The van der Waals surface area contributed by atoms with Crippen LogP contribution < -0.4 is 15.4 Å². The van der Waals surface area contributed by atoms with Crippen LogP contribution in [0.3, 0.4) is 0 Å². The topological polar surface area (TPSA) is 73.8 Å². The number of hydrogen-bond donors (Lipinski definition) is 3. The highest BCUT2D eigenvalue weighted by Crippen LogP contribution is 2.27. The fourth-order valence-corrected chi connectivity index (χ4v) is 4.42. The van der Waals surface area contributed by atoms with Gasteiger partial charge in [0.2, 0.25) is 0 Å². The number of aliphatic hydroxyl groups excluding tert-OH is 1. The lowest BCUT2D eigenvalue weighted by Crippen LogP contribution is -2.49. The third-order valence-electron chi connectivity index (χ3n) is 5.41. The van der Waals surface area contributed by atoms with Crippen molar-refractivity contribution in [3.05, 3.63) is 63.2 Å². The van der Waals surface area contributed by atoms with E-state index in [1.54, 1.807) is 0 Å².